The molecule has 118 valence electrons. The Morgan fingerprint density at radius 2 is 2.00 bits per heavy atom. The van der Waals surface area contributed by atoms with Crippen molar-refractivity contribution >= 4 is 16.9 Å². The number of primary amides is 1. The summed E-state index contributed by atoms with van der Waals surface area (Å²) in [6.07, 6.45) is 2.68. The van der Waals surface area contributed by atoms with Crippen LogP contribution in [-0.4, -0.2) is 17.6 Å². The maximum atomic E-state index is 10.7. The highest BCUT2D eigenvalue weighted by atomic mass is 16.5. The van der Waals surface area contributed by atoms with E-state index in [0.717, 1.165) is 34.2 Å². The molecule has 0 aliphatic carbocycles. The second kappa shape index (κ2) is 6.87. The van der Waals surface area contributed by atoms with Gasteiger partial charge in [-0.15, -0.1) is 0 Å². The summed E-state index contributed by atoms with van der Waals surface area (Å²) < 4.78 is 5.83. The Morgan fingerprint density at radius 3 is 2.78 bits per heavy atom. The molecule has 0 spiro atoms. The minimum atomic E-state index is -0.499. The Bertz CT molecular complexity index is 796. The van der Waals surface area contributed by atoms with E-state index in [-0.39, 0.29) is 0 Å². The van der Waals surface area contributed by atoms with Crippen molar-refractivity contribution in [1.29, 1.82) is 0 Å². The van der Waals surface area contributed by atoms with Crippen LogP contribution in [0.3, 0.4) is 0 Å². The van der Waals surface area contributed by atoms with Crippen LogP contribution < -0.4 is 15.8 Å². The summed E-state index contributed by atoms with van der Waals surface area (Å²) in [5, 5.41) is 3.73. The average molecular weight is 309 g/mol. The van der Waals surface area contributed by atoms with Crippen molar-refractivity contribution in [3.8, 4) is 5.75 Å². The lowest BCUT2D eigenvalue weighted by Gasteiger charge is -2.07. The van der Waals surface area contributed by atoms with E-state index < -0.39 is 6.03 Å². The van der Waals surface area contributed by atoms with E-state index in [1.54, 1.807) is 0 Å². The van der Waals surface area contributed by atoms with Crippen molar-refractivity contribution < 1.29 is 9.53 Å². The zero-order valence-electron chi connectivity index (χ0n) is 12.7. The third-order valence-corrected chi connectivity index (χ3v) is 3.68. The number of hydrogen-bond acceptors (Lipinski definition) is 2. The number of benzene rings is 2. The van der Waals surface area contributed by atoms with Gasteiger partial charge in [-0.2, -0.15) is 0 Å². The Morgan fingerprint density at radius 1 is 1.17 bits per heavy atom. The van der Waals surface area contributed by atoms with E-state index in [1.165, 1.54) is 0 Å². The van der Waals surface area contributed by atoms with Crippen molar-refractivity contribution in [2.75, 3.05) is 6.54 Å². The Kier molecular flexibility index (Phi) is 4.47. The molecular weight excluding hydrogens is 290 g/mol. The molecule has 0 fully saturated rings. The molecule has 2 amide bonds. The van der Waals surface area contributed by atoms with Crippen LogP contribution in [0.4, 0.5) is 4.79 Å². The zero-order valence-corrected chi connectivity index (χ0v) is 12.7. The van der Waals surface area contributed by atoms with E-state index in [2.05, 4.69) is 10.3 Å². The van der Waals surface area contributed by atoms with Crippen molar-refractivity contribution in [3.05, 3.63) is 65.9 Å². The molecule has 0 radical (unpaired) electrons. The number of nitrogens with one attached hydrogen (secondary N) is 2. The topological polar surface area (TPSA) is 80.1 Å². The second-order valence-corrected chi connectivity index (χ2v) is 5.34. The number of aromatic nitrogens is 1. The van der Waals surface area contributed by atoms with Gasteiger partial charge in [0.25, 0.3) is 0 Å². The molecule has 0 unspecified atom stereocenters. The second-order valence-electron chi connectivity index (χ2n) is 5.34. The molecular formula is C18H19N3O2. The van der Waals surface area contributed by atoms with Gasteiger partial charge in [-0.1, -0.05) is 30.3 Å². The van der Waals surface area contributed by atoms with Crippen molar-refractivity contribution in [1.82, 2.24) is 10.3 Å². The first-order chi connectivity index (χ1) is 11.2. The summed E-state index contributed by atoms with van der Waals surface area (Å²) in [5.74, 6) is 0.824. The van der Waals surface area contributed by atoms with Crippen LogP contribution in [0.5, 0.6) is 5.75 Å². The highest BCUT2D eigenvalue weighted by Crippen LogP contribution is 2.24. The lowest BCUT2D eigenvalue weighted by atomic mass is 10.1. The number of aromatic amines is 1. The lowest BCUT2D eigenvalue weighted by molar-refractivity contribution is 0.249. The van der Waals surface area contributed by atoms with Gasteiger partial charge in [-0.25, -0.2) is 4.79 Å². The Hall–Kier alpha value is -2.95. The van der Waals surface area contributed by atoms with E-state index >= 15 is 0 Å². The smallest absolute Gasteiger partial charge is 0.312 e. The standard InChI is InChI=1S/C18H19N3O2/c19-18(22)20-9-8-14-11-21-17-10-15(6-7-16(14)17)23-12-13-4-2-1-3-5-13/h1-7,10-11,21H,8-9,12H2,(H3,19,20,22). The molecule has 0 saturated carbocycles. The number of rotatable bonds is 6. The molecule has 1 aromatic heterocycles. The highest BCUT2D eigenvalue weighted by Gasteiger charge is 2.05. The molecule has 0 aliphatic rings. The van der Waals surface area contributed by atoms with Crippen molar-refractivity contribution in [3.63, 3.8) is 0 Å². The van der Waals surface area contributed by atoms with Crippen LogP contribution in [0.15, 0.2) is 54.7 Å². The number of carbonyl (C=O) groups is 1. The maximum absolute atomic E-state index is 10.7. The molecule has 0 saturated heterocycles. The molecule has 0 bridgehead atoms. The monoisotopic (exact) mass is 309 g/mol. The summed E-state index contributed by atoms with van der Waals surface area (Å²) in [6.45, 7) is 1.07. The minimum absolute atomic E-state index is 0.499. The average Bonchev–Trinajstić information content (AvgIpc) is 2.96. The SMILES string of the molecule is NC(=O)NCCc1c[nH]c2cc(OCc3ccccc3)ccc12. The molecule has 5 nitrogen and oxygen atoms in total. The number of fused-ring (bicyclic) bond motifs is 1. The van der Waals surface area contributed by atoms with Crippen LogP contribution in [-0.2, 0) is 13.0 Å². The van der Waals surface area contributed by atoms with Crippen LogP contribution in [0.25, 0.3) is 10.9 Å². The van der Waals surface area contributed by atoms with Gasteiger partial charge >= 0.3 is 6.03 Å². The quantitative estimate of drug-likeness (QED) is 0.654. The van der Waals surface area contributed by atoms with E-state index in [9.17, 15) is 4.79 Å². The molecule has 1 heterocycles. The first kappa shape index (κ1) is 15.0. The molecule has 5 heteroatoms. The van der Waals surface area contributed by atoms with Gasteiger partial charge in [-0.05, 0) is 29.7 Å². The predicted octanol–water partition coefficient (Wildman–Crippen LogP) is 2.96. The molecule has 4 N–H and O–H groups in total. The summed E-state index contributed by atoms with van der Waals surface area (Å²) in [6, 6.07) is 15.6. The summed E-state index contributed by atoms with van der Waals surface area (Å²) in [7, 11) is 0. The number of carbonyl (C=O) groups excluding carboxylic acids is 1. The number of nitrogens with two attached hydrogens (primary N) is 1. The Balaban J connectivity index is 1.67. The molecule has 3 rings (SSSR count). The first-order valence-electron chi connectivity index (χ1n) is 7.52. The fourth-order valence-corrected chi connectivity index (χ4v) is 2.52. The number of H-pyrrole nitrogens is 1. The lowest BCUT2D eigenvalue weighted by Crippen LogP contribution is -2.30. The van der Waals surface area contributed by atoms with Gasteiger partial charge in [0, 0.05) is 29.7 Å². The predicted molar refractivity (Wildman–Crippen MR) is 90.4 cm³/mol. The van der Waals surface area contributed by atoms with Crippen LogP contribution in [0, 0.1) is 0 Å². The summed E-state index contributed by atoms with van der Waals surface area (Å²) >= 11 is 0. The summed E-state index contributed by atoms with van der Waals surface area (Å²) in [5.41, 5.74) is 8.37. The number of urea groups is 1. The zero-order chi connectivity index (χ0) is 16.1. The largest absolute Gasteiger partial charge is 0.489 e. The van der Waals surface area contributed by atoms with Gasteiger partial charge in [0.15, 0.2) is 0 Å². The van der Waals surface area contributed by atoms with Gasteiger partial charge in [-0.3, -0.25) is 0 Å². The van der Waals surface area contributed by atoms with Gasteiger partial charge < -0.3 is 20.8 Å². The van der Waals surface area contributed by atoms with Crippen molar-refractivity contribution in [2.45, 2.75) is 13.0 Å². The molecule has 0 aliphatic heterocycles. The third kappa shape index (κ3) is 3.83. The third-order valence-electron chi connectivity index (χ3n) is 3.68. The molecule has 0 atom stereocenters. The van der Waals surface area contributed by atoms with E-state index in [4.69, 9.17) is 10.5 Å². The van der Waals surface area contributed by atoms with Gasteiger partial charge in [0.2, 0.25) is 0 Å². The Labute approximate surface area is 134 Å². The molecule has 23 heavy (non-hydrogen) atoms. The first-order valence-corrected chi connectivity index (χ1v) is 7.52. The fraction of sp³-hybridized carbons (Fsp3) is 0.167. The molecule has 2 aromatic carbocycles. The van der Waals surface area contributed by atoms with Crippen molar-refractivity contribution in [2.24, 2.45) is 5.73 Å². The minimum Gasteiger partial charge on any atom is -0.489 e. The van der Waals surface area contributed by atoms with E-state index in [1.807, 2.05) is 54.7 Å². The normalized spacial score (nSPS) is 10.6. The number of amides is 2. The van der Waals surface area contributed by atoms with Gasteiger partial charge in [0.1, 0.15) is 12.4 Å². The maximum Gasteiger partial charge on any atom is 0.312 e. The van der Waals surface area contributed by atoms with Crippen LogP contribution >= 0.6 is 0 Å². The summed E-state index contributed by atoms with van der Waals surface area (Å²) in [4.78, 5) is 14.0. The van der Waals surface area contributed by atoms with E-state index in [0.29, 0.717) is 13.2 Å². The van der Waals surface area contributed by atoms with Gasteiger partial charge in [0.05, 0.1) is 0 Å². The highest BCUT2D eigenvalue weighted by molar-refractivity contribution is 5.84. The number of ether oxygens (including phenoxy) is 1. The fourth-order valence-electron chi connectivity index (χ4n) is 2.52. The van der Waals surface area contributed by atoms with Crippen LogP contribution in [0.1, 0.15) is 11.1 Å². The number of hydrogen-bond donors (Lipinski definition) is 3. The van der Waals surface area contributed by atoms with Crippen LogP contribution in [0.2, 0.25) is 0 Å². The molecule has 3 aromatic rings.